The van der Waals surface area contributed by atoms with Gasteiger partial charge in [-0.3, -0.25) is 0 Å². The van der Waals surface area contributed by atoms with E-state index in [0.29, 0.717) is 5.92 Å². The molecule has 110 valence electrons. The van der Waals surface area contributed by atoms with Crippen LogP contribution in [0.5, 0.6) is 0 Å². The van der Waals surface area contributed by atoms with Gasteiger partial charge in [0.2, 0.25) is 0 Å². The first-order chi connectivity index (χ1) is 10.2. The number of rotatable bonds is 6. The van der Waals surface area contributed by atoms with Crippen molar-refractivity contribution in [2.75, 3.05) is 17.2 Å². The van der Waals surface area contributed by atoms with Gasteiger partial charge in [0.1, 0.15) is 23.3 Å². The molecule has 5 heteroatoms. The zero-order valence-electron chi connectivity index (χ0n) is 12.1. The first-order valence-corrected chi connectivity index (χ1v) is 7.40. The topological polar surface area (TPSA) is 49.8 Å². The highest BCUT2D eigenvalue weighted by atomic mass is 19.1. The molecule has 1 aliphatic rings. The number of anilines is 3. The largest absolute Gasteiger partial charge is 0.370 e. The molecule has 0 bridgehead atoms. The lowest BCUT2D eigenvalue weighted by Gasteiger charge is -2.11. The molecule has 1 heterocycles. The molecule has 1 fully saturated rings. The van der Waals surface area contributed by atoms with Gasteiger partial charge in [0.25, 0.3) is 0 Å². The summed E-state index contributed by atoms with van der Waals surface area (Å²) in [6.45, 7) is 3.00. The maximum atomic E-state index is 12.9. The van der Waals surface area contributed by atoms with E-state index >= 15 is 0 Å². The lowest BCUT2D eigenvalue weighted by atomic mass is 10.3. The van der Waals surface area contributed by atoms with Crippen molar-refractivity contribution in [3.05, 3.63) is 42.0 Å². The van der Waals surface area contributed by atoms with Gasteiger partial charge in [-0.05, 0) is 43.5 Å². The summed E-state index contributed by atoms with van der Waals surface area (Å²) in [7, 11) is 0. The second kappa shape index (κ2) is 6.08. The average Bonchev–Trinajstić information content (AvgIpc) is 3.32. The second-order valence-electron chi connectivity index (χ2n) is 5.33. The van der Waals surface area contributed by atoms with Gasteiger partial charge in [-0.2, -0.15) is 0 Å². The first-order valence-electron chi connectivity index (χ1n) is 7.40. The van der Waals surface area contributed by atoms with E-state index in [1.165, 1.54) is 12.1 Å². The molecule has 2 aromatic rings. The Kier molecular flexibility index (Phi) is 3.99. The van der Waals surface area contributed by atoms with Crippen molar-refractivity contribution in [1.82, 2.24) is 9.97 Å². The van der Waals surface area contributed by atoms with Gasteiger partial charge in [0.15, 0.2) is 0 Å². The Hall–Kier alpha value is -2.17. The van der Waals surface area contributed by atoms with Gasteiger partial charge in [0.05, 0.1) is 0 Å². The van der Waals surface area contributed by atoms with E-state index in [1.54, 1.807) is 12.1 Å². The van der Waals surface area contributed by atoms with Crippen LogP contribution < -0.4 is 10.6 Å². The fourth-order valence-electron chi connectivity index (χ4n) is 2.08. The Morgan fingerprint density at radius 3 is 2.52 bits per heavy atom. The molecule has 0 spiro atoms. The van der Waals surface area contributed by atoms with Gasteiger partial charge < -0.3 is 10.6 Å². The lowest BCUT2D eigenvalue weighted by Crippen LogP contribution is -2.06. The van der Waals surface area contributed by atoms with Crippen LogP contribution >= 0.6 is 0 Å². The summed E-state index contributed by atoms with van der Waals surface area (Å²) < 4.78 is 12.9. The van der Waals surface area contributed by atoms with Crippen LogP contribution in [0.2, 0.25) is 0 Å². The fourth-order valence-corrected chi connectivity index (χ4v) is 2.08. The van der Waals surface area contributed by atoms with Gasteiger partial charge in [-0.15, -0.1) is 0 Å². The van der Waals surface area contributed by atoms with Crippen molar-refractivity contribution in [3.63, 3.8) is 0 Å². The Labute approximate surface area is 123 Å². The molecule has 0 saturated heterocycles. The molecule has 1 aliphatic carbocycles. The molecule has 3 rings (SSSR count). The first kappa shape index (κ1) is 13.8. The van der Waals surface area contributed by atoms with E-state index in [4.69, 9.17) is 0 Å². The lowest BCUT2D eigenvalue weighted by molar-refractivity contribution is 0.628. The molecule has 21 heavy (non-hydrogen) atoms. The van der Waals surface area contributed by atoms with Crippen LogP contribution in [0.4, 0.5) is 21.7 Å². The number of nitrogens with one attached hydrogen (secondary N) is 2. The zero-order chi connectivity index (χ0) is 14.7. The molecule has 0 radical (unpaired) electrons. The summed E-state index contributed by atoms with van der Waals surface area (Å²) in [5, 5.41) is 6.51. The minimum atomic E-state index is -0.243. The van der Waals surface area contributed by atoms with Crippen molar-refractivity contribution in [2.24, 2.45) is 0 Å². The van der Waals surface area contributed by atoms with Gasteiger partial charge in [-0.1, -0.05) is 6.92 Å². The van der Waals surface area contributed by atoms with Crippen LogP contribution in [0.15, 0.2) is 30.3 Å². The van der Waals surface area contributed by atoms with Crippen molar-refractivity contribution in [2.45, 2.75) is 32.1 Å². The van der Waals surface area contributed by atoms with Crippen LogP contribution in [0, 0.1) is 5.82 Å². The van der Waals surface area contributed by atoms with E-state index < -0.39 is 0 Å². The summed E-state index contributed by atoms with van der Waals surface area (Å²) >= 11 is 0. The van der Waals surface area contributed by atoms with Gasteiger partial charge >= 0.3 is 0 Å². The maximum absolute atomic E-state index is 12.9. The summed E-state index contributed by atoms with van der Waals surface area (Å²) in [6, 6.07) is 8.16. The second-order valence-corrected chi connectivity index (χ2v) is 5.33. The smallest absolute Gasteiger partial charge is 0.136 e. The zero-order valence-corrected chi connectivity index (χ0v) is 12.1. The molecule has 0 aliphatic heterocycles. The number of hydrogen-bond acceptors (Lipinski definition) is 4. The standard InChI is InChI=1S/C16H19FN4/c1-2-9-18-14-10-15(21-16(20-14)11-3-4-11)19-13-7-5-12(17)6-8-13/h5-8,10-11H,2-4,9H2,1H3,(H2,18,19,20,21). The fraction of sp³-hybridized carbons (Fsp3) is 0.375. The van der Waals surface area contributed by atoms with Crippen LogP contribution in [0.1, 0.15) is 37.9 Å². The molecular weight excluding hydrogens is 267 g/mol. The molecule has 1 aromatic heterocycles. The SMILES string of the molecule is CCCNc1cc(Nc2ccc(F)cc2)nc(C2CC2)n1. The molecule has 4 nitrogen and oxygen atoms in total. The van der Waals surface area contributed by atoms with Crippen LogP contribution in [-0.2, 0) is 0 Å². The number of hydrogen-bond donors (Lipinski definition) is 2. The molecule has 0 unspecified atom stereocenters. The molecule has 1 aromatic carbocycles. The Bertz CT molecular complexity index is 608. The third-order valence-electron chi connectivity index (χ3n) is 3.36. The molecule has 0 atom stereocenters. The molecular formula is C16H19FN4. The molecule has 0 amide bonds. The third-order valence-corrected chi connectivity index (χ3v) is 3.36. The van der Waals surface area contributed by atoms with Crippen LogP contribution in [0.25, 0.3) is 0 Å². The van der Waals surface area contributed by atoms with Gasteiger partial charge in [-0.25, -0.2) is 14.4 Å². The maximum Gasteiger partial charge on any atom is 0.136 e. The van der Waals surface area contributed by atoms with E-state index in [9.17, 15) is 4.39 Å². The van der Waals surface area contributed by atoms with Crippen LogP contribution in [-0.4, -0.2) is 16.5 Å². The number of halogens is 1. The quantitative estimate of drug-likeness (QED) is 0.841. The number of nitrogens with zero attached hydrogens (tertiary/aromatic N) is 2. The normalized spacial score (nSPS) is 14.0. The molecule has 1 saturated carbocycles. The summed E-state index contributed by atoms with van der Waals surface area (Å²) in [6.07, 6.45) is 3.37. The van der Waals surface area contributed by atoms with E-state index in [2.05, 4.69) is 27.5 Å². The van der Waals surface area contributed by atoms with Crippen molar-refractivity contribution in [3.8, 4) is 0 Å². The summed E-state index contributed by atoms with van der Waals surface area (Å²) in [5.74, 6) is 2.73. The Balaban J connectivity index is 1.82. The van der Waals surface area contributed by atoms with E-state index in [1.807, 2.05) is 6.07 Å². The number of aromatic nitrogens is 2. The molecule has 2 N–H and O–H groups in total. The van der Waals surface area contributed by atoms with Crippen molar-refractivity contribution < 1.29 is 4.39 Å². The minimum absolute atomic E-state index is 0.243. The monoisotopic (exact) mass is 286 g/mol. The van der Waals surface area contributed by atoms with Crippen molar-refractivity contribution in [1.29, 1.82) is 0 Å². The average molecular weight is 286 g/mol. The Morgan fingerprint density at radius 2 is 1.86 bits per heavy atom. The van der Waals surface area contributed by atoms with Crippen LogP contribution in [0.3, 0.4) is 0 Å². The third kappa shape index (κ3) is 3.68. The summed E-state index contributed by atoms with van der Waals surface area (Å²) in [5.41, 5.74) is 0.818. The highest BCUT2D eigenvalue weighted by Crippen LogP contribution is 2.39. The predicted molar refractivity (Wildman–Crippen MR) is 82.5 cm³/mol. The highest BCUT2D eigenvalue weighted by molar-refractivity contribution is 5.59. The van der Waals surface area contributed by atoms with Gasteiger partial charge in [0, 0.05) is 24.2 Å². The predicted octanol–water partition coefficient (Wildman–Crippen LogP) is 4.06. The minimum Gasteiger partial charge on any atom is -0.370 e. The van der Waals surface area contributed by atoms with E-state index in [-0.39, 0.29) is 5.82 Å². The summed E-state index contributed by atoms with van der Waals surface area (Å²) in [4.78, 5) is 9.13. The van der Waals surface area contributed by atoms with Crippen molar-refractivity contribution >= 4 is 17.3 Å². The Morgan fingerprint density at radius 1 is 1.14 bits per heavy atom. The highest BCUT2D eigenvalue weighted by Gasteiger charge is 2.27. The number of benzene rings is 1. The van der Waals surface area contributed by atoms with E-state index in [0.717, 1.165) is 49.0 Å².